The Morgan fingerprint density at radius 1 is 1.30 bits per heavy atom. The van der Waals surface area contributed by atoms with Crippen LogP contribution in [0.3, 0.4) is 0 Å². The minimum absolute atomic E-state index is 0.246. The van der Waals surface area contributed by atoms with Crippen molar-refractivity contribution < 1.29 is 13.0 Å². The van der Waals surface area contributed by atoms with Crippen molar-refractivity contribution in [2.45, 2.75) is 24.9 Å². The smallest absolute Gasteiger partial charge is 0.236 e. The Morgan fingerprint density at radius 3 is 2.78 bits per heavy atom. The maximum atomic E-state index is 13.8. The van der Waals surface area contributed by atoms with Crippen LogP contribution >= 0.6 is 11.3 Å². The summed E-state index contributed by atoms with van der Waals surface area (Å²) in [6, 6.07) is 10.3. The quantitative estimate of drug-likeness (QED) is 0.660. The summed E-state index contributed by atoms with van der Waals surface area (Å²) in [5, 5.41) is 1.55. The molecule has 3 rings (SSSR count). The Bertz CT molecular complexity index is 827. The van der Waals surface area contributed by atoms with Crippen LogP contribution in [0.4, 0.5) is 4.39 Å². The Kier molecular flexibility index (Phi) is 4.73. The van der Waals surface area contributed by atoms with Gasteiger partial charge in [-0.15, -0.1) is 11.3 Å². The molecule has 0 radical (unpaired) electrons. The summed E-state index contributed by atoms with van der Waals surface area (Å²) in [6.45, 7) is 3.58. The molecule has 0 fully saturated rings. The zero-order chi connectivity index (χ0) is 16.4. The van der Waals surface area contributed by atoms with E-state index in [-0.39, 0.29) is 11.6 Å². The Balaban J connectivity index is 1.79. The van der Waals surface area contributed by atoms with E-state index in [4.69, 9.17) is 4.42 Å². The van der Waals surface area contributed by atoms with E-state index in [2.05, 4.69) is 4.98 Å². The monoisotopic (exact) mass is 349 g/mol. The summed E-state index contributed by atoms with van der Waals surface area (Å²) in [4.78, 5) is 5.38. The molecular formula is C17H16FNO2S2. The summed E-state index contributed by atoms with van der Waals surface area (Å²) in [5.74, 6) is 1.12. The molecule has 0 spiro atoms. The van der Waals surface area contributed by atoms with Gasteiger partial charge in [-0.2, -0.15) is 0 Å². The van der Waals surface area contributed by atoms with Gasteiger partial charge in [0.2, 0.25) is 5.89 Å². The standard InChI is InChI=1S/C17H16FNO2S2/c1-11-15(19-17(21-11)16-8-5-9-22-16)10-23(20)12(2)13-6-3-4-7-14(13)18/h3-9,12H,10H2,1-2H3/t12-,23+/m0/s1. The van der Waals surface area contributed by atoms with E-state index < -0.39 is 16.0 Å². The van der Waals surface area contributed by atoms with Crippen molar-refractivity contribution in [1.82, 2.24) is 4.98 Å². The van der Waals surface area contributed by atoms with Crippen LogP contribution in [-0.2, 0) is 16.6 Å². The fourth-order valence-electron chi connectivity index (χ4n) is 2.27. The van der Waals surface area contributed by atoms with Crippen LogP contribution in [0.1, 0.15) is 29.2 Å². The van der Waals surface area contributed by atoms with Crippen molar-refractivity contribution in [3.05, 3.63) is 64.6 Å². The fourth-order valence-corrected chi connectivity index (χ4v) is 4.18. The minimum Gasteiger partial charge on any atom is -0.440 e. The third kappa shape index (κ3) is 3.43. The first-order valence-electron chi connectivity index (χ1n) is 7.18. The van der Waals surface area contributed by atoms with Gasteiger partial charge in [-0.3, -0.25) is 4.21 Å². The highest BCUT2D eigenvalue weighted by Gasteiger charge is 2.21. The van der Waals surface area contributed by atoms with E-state index in [1.807, 2.05) is 24.4 Å². The SMILES string of the molecule is Cc1oc(-c2cccs2)nc1C[S@@](=O)[C@@H](C)c1ccccc1F. The number of oxazole rings is 1. The minimum atomic E-state index is -1.28. The average Bonchev–Trinajstić information content (AvgIpc) is 3.17. The number of hydrogen-bond donors (Lipinski definition) is 0. The topological polar surface area (TPSA) is 43.1 Å². The van der Waals surface area contributed by atoms with E-state index in [0.717, 1.165) is 4.88 Å². The maximum Gasteiger partial charge on any atom is 0.236 e. The van der Waals surface area contributed by atoms with E-state index in [0.29, 0.717) is 22.9 Å². The fraction of sp³-hybridized carbons (Fsp3) is 0.235. The van der Waals surface area contributed by atoms with Gasteiger partial charge in [0.05, 0.1) is 21.6 Å². The highest BCUT2D eigenvalue weighted by atomic mass is 32.2. The van der Waals surface area contributed by atoms with Crippen molar-refractivity contribution in [3.63, 3.8) is 0 Å². The van der Waals surface area contributed by atoms with Crippen LogP contribution in [0.5, 0.6) is 0 Å². The molecule has 0 saturated heterocycles. The Hall–Kier alpha value is -1.79. The van der Waals surface area contributed by atoms with Gasteiger partial charge in [-0.1, -0.05) is 24.3 Å². The van der Waals surface area contributed by atoms with Crippen LogP contribution in [0.2, 0.25) is 0 Å². The molecule has 23 heavy (non-hydrogen) atoms. The van der Waals surface area contributed by atoms with Crippen molar-refractivity contribution in [1.29, 1.82) is 0 Å². The molecule has 0 amide bonds. The van der Waals surface area contributed by atoms with Gasteiger partial charge < -0.3 is 4.42 Å². The number of halogens is 1. The van der Waals surface area contributed by atoms with Crippen LogP contribution in [0.25, 0.3) is 10.8 Å². The summed E-state index contributed by atoms with van der Waals surface area (Å²) in [6.07, 6.45) is 0. The molecule has 0 N–H and O–H groups in total. The summed E-state index contributed by atoms with van der Waals surface area (Å²) in [5.41, 5.74) is 1.13. The van der Waals surface area contributed by atoms with Gasteiger partial charge in [0.25, 0.3) is 0 Å². The second-order valence-electron chi connectivity index (χ2n) is 5.19. The number of hydrogen-bond acceptors (Lipinski definition) is 4. The third-order valence-electron chi connectivity index (χ3n) is 3.64. The normalized spacial score (nSPS) is 13.9. The van der Waals surface area contributed by atoms with Crippen molar-refractivity contribution in [2.24, 2.45) is 0 Å². The van der Waals surface area contributed by atoms with Gasteiger partial charge in [-0.05, 0) is 31.4 Å². The molecule has 120 valence electrons. The van der Waals surface area contributed by atoms with Crippen molar-refractivity contribution >= 4 is 22.1 Å². The summed E-state index contributed by atoms with van der Waals surface area (Å²) < 4.78 is 32.1. The first-order valence-corrected chi connectivity index (χ1v) is 9.44. The van der Waals surface area contributed by atoms with E-state index in [1.165, 1.54) is 6.07 Å². The number of nitrogens with zero attached hydrogens (tertiary/aromatic N) is 1. The number of thiophene rings is 1. The molecule has 0 bridgehead atoms. The molecule has 0 aliphatic carbocycles. The first-order chi connectivity index (χ1) is 11.1. The van der Waals surface area contributed by atoms with Crippen LogP contribution < -0.4 is 0 Å². The lowest BCUT2D eigenvalue weighted by molar-refractivity contribution is 0.541. The van der Waals surface area contributed by atoms with Crippen LogP contribution in [0.15, 0.2) is 46.2 Å². The van der Waals surface area contributed by atoms with E-state index in [1.54, 1.807) is 36.5 Å². The van der Waals surface area contributed by atoms with Crippen molar-refractivity contribution in [3.8, 4) is 10.8 Å². The number of aryl methyl sites for hydroxylation is 1. The van der Waals surface area contributed by atoms with Gasteiger partial charge in [0.1, 0.15) is 11.6 Å². The van der Waals surface area contributed by atoms with Crippen molar-refractivity contribution in [2.75, 3.05) is 0 Å². The highest BCUT2D eigenvalue weighted by molar-refractivity contribution is 7.84. The molecule has 0 aliphatic rings. The molecule has 1 aromatic carbocycles. The van der Waals surface area contributed by atoms with E-state index in [9.17, 15) is 8.60 Å². The predicted molar refractivity (Wildman–Crippen MR) is 91.2 cm³/mol. The van der Waals surface area contributed by atoms with E-state index >= 15 is 0 Å². The number of aromatic nitrogens is 1. The number of benzene rings is 1. The van der Waals surface area contributed by atoms with Gasteiger partial charge in [-0.25, -0.2) is 9.37 Å². The zero-order valence-electron chi connectivity index (χ0n) is 12.8. The first kappa shape index (κ1) is 16.1. The zero-order valence-corrected chi connectivity index (χ0v) is 14.4. The van der Waals surface area contributed by atoms with Crippen LogP contribution in [0, 0.1) is 12.7 Å². The van der Waals surface area contributed by atoms with Gasteiger partial charge in [0.15, 0.2) is 0 Å². The van der Waals surface area contributed by atoms with Gasteiger partial charge in [0, 0.05) is 16.4 Å². The lowest BCUT2D eigenvalue weighted by Crippen LogP contribution is -2.08. The average molecular weight is 349 g/mol. The lowest BCUT2D eigenvalue weighted by Gasteiger charge is -2.11. The summed E-state index contributed by atoms with van der Waals surface area (Å²) >= 11 is 1.54. The molecule has 3 aromatic rings. The Labute approximate surface area is 140 Å². The molecule has 0 saturated carbocycles. The second-order valence-corrected chi connectivity index (χ2v) is 7.89. The molecule has 0 unspecified atom stereocenters. The predicted octanol–water partition coefficient (Wildman–Crippen LogP) is 4.86. The molecule has 0 aliphatic heterocycles. The largest absolute Gasteiger partial charge is 0.440 e. The lowest BCUT2D eigenvalue weighted by atomic mass is 10.1. The maximum absolute atomic E-state index is 13.8. The molecule has 6 heteroatoms. The highest BCUT2D eigenvalue weighted by Crippen LogP contribution is 2.29. The van der Waals surface area contributed by atoms with Gasteiger partial charge >= 0.3 is 0 Å². The summed E-state index contributed by atoms with van der Waals surface area (Å²) in [7, 11) is -1.28. The van der Waals surface area contributed by atoms with Crippen LogP contribution in [-0.4, -0.2) is 9.19 Å². The molecule has 3 nitrogen and oxygen atoms in total. The third-order valence-corrected chi connectivity index (χ3v) is 6.10. The molecule has 2 heterocycles. The molecule has 2 aromatic heterocycles. The molecule has 2 atom stereocenters. The Morgan fingerprint density at radius 2 is 2.09 bits per heavy atom. The number of rotatable bonds is 5. The second kappa shape index (κ2) is 6.76. The molecular weight excluding hydrogens is 333 g/mol.